The molecule has 21 heavy (non-hydrogen) atoms. The first kappa shape index (κ1) is 14.2. The van der Waals surface area contributed by atoms with E-state index >= 15 is 0 Å². The van der Waals surface area contributed by atoms with Crippen LogP contribution in [-0.2, 0) is 4.74 Å². The van der Waals surface area contributed by atoms with Crippen LogP contribution in [0.5, 0.6) is 0 Å². The van der Waals surface area contributed by atoms with E-state index in [1.54, 1.807) is 0 Å². The first-order valence-electron chi connectivity index (χ1n) is 6.89. The van der Waals surface area contributed by atoms with Gasteiger partial charge in [0.05, 0.1) is 6.10 Å². The number of hydrogen-bond acceptors (Lipinski definition) is 7. The highest BCUT2D eigenvalue weighted by Gasteiger charge is 2.21. The van der Waals surface area contributed by atoms with Crippen LogP contribution in [-0.4, -0.2) is 55.5 Å². The molecule has 1 saturated heterocycles. The normalized spacial score (nSPS) is 18.1. The molecule has 3 heterocycles. The van der Waals surface area contributed by atoms with Gasteiger partial charge in [-0.25, -0.2) is 4.98 Å². The summed E-state index contributed by atoms with van der Waals surface area (Å²) in [4.78, 5) is 18.6. The average Bonchev–Trinajstić information content (AvgIpc) is 3.17. The zero-order valence-corrected chi connectivity index (χ0v) is 12.4. The molecule has 0 spiro atoms. The molecule has 0 radical (unpaired) electrons. The summed E-state index contributed by atoms with van der Waals surface area (Å²) in [5.74, 6) is 0.881. The van der Waals surface area contributed by atoms with Gasteiger partial charge in [0.25, 0.3) is 5.95 Å². The third-order valence-corrected chi connectivity index (χ3v) is 3.49. The average molecular weight is 310 g/mol. The van der Waals surface area contributed by atoms with Crippen molar-refractivity contribution in [2.45, 2.75) is 25.9 Å². The second kappa shape index (κ2) is 6.31. The maximum Gasteiger partial charge on any atom is 0.258 e. The summed E-state index contributed by atoms with van der Waals surface area (Å²) in [6.07, 6.45) is 5.32. The van der Waals surface area contributed by atoms with E-state index in [0.29, 0.717) is 11.9 Å². The molecule has 0 saturated carbocycles. The fourth-order valence-electron chi connectivity index (χ4n) is 2.27. The lowest BCUT2D eigenvalue weighted by atomic mass is 10.2. The summed E-state index contributed by atoms with van der Waals surface area (Å²) in [6, 6.07) is 0. The Balaban J connectivity index is 1.85. The van der Waals surface area contributed by atoms with E-state index < -0.39 is 0 Å². The summed E-state index contributed by atoms with van der Waals surface area (Å²) < 4.78 is 7.12. The van der Waals surface area contributed by atoms with Crippen molar-refractivity contribution in [3.05, 3.63) is 17.9 Å². The van der Waals surface area contributed by atoms with E-state index in [-0.39, 0.29) is 11.4 Å². The molecule has 3 rings (SSSR count). The zero-order chi connectivity index (χ0) is 14.7. The van der Waals surface area contributed by atoms with Gasteiger partial charge in [-0.05, 0) is 31.4 Å². The summed E-state index contributed by atoms with van der Waals surface area (Å²) in [7, 11) is 0. The smallest absolute Gasteiger partial charge is 0.258 e. The molecule has 112 valence electrons. The summed E-state index contributed by atoms with van der Waals surface area (Å²) >= 11 is 6.00. The van der Waals surface area contributed by atoms with Crippen molar-refractivity contribution >= 4 is 17.5 Å². The molecule has 2 aromatic heterocycles. The SMILES string of the molecule is CCN(CC1CCCO1)c1nc(Cl)nc(-n2cncn2)n1. The molecule has 2 aromatic rings. The fraction of sp³-hybridized carbons (Fsp3) is 0.583. The number of aromatic nitrogens is 6. The van der Waals surface area contributed by atoms with Crippen molar-refractivity contribution in [1.82, 2.24) is 29.7 Å². The Morgan fingerprint density at radius 1 is 1.43 bits per heavy atom. The lowest BCUT2D eigenvalue weighted by Crippen LogP contribution is -2.33. The summed E-state index contributed by atoms with van der Waals surface area (Å²) in [5.41, 5.74) is 0. The standard InChI is InChI=1S/C12H16ClN7O/c1-2-19(6-9-4-3-5-21-9)11-16-10(13)17-12(18-11)20-8-14-7-15-20/h7-9H,2-6H2,1H3. The van der Waals surface area contributed by atoms with E-state index in [9.17, 15) is 0 Å². The Hall–Kier alpha value is -1.80. The molecule has 0 aliphatic carbocycles. The number of anilines is 1. The van der Waals surface area contributed by atoms with Gasteiger partial charge < -0.3 is 9.64 Å². The Morgan fingerprint density at radius 2 is 2.33 bits per heavy atom. The van der Waals surface area contributed by atoms with Crippen molar-refractivity contribution in [3.63, 3.8) is 0 Å². The minimum Gasteiger partial charge on any atom is -0.376 e. The van der Waals surface area contributed by atoms with Gasteiger partial charge in [-0.2, -0.15) is 24.7 Å². The quantitative estimate of drug-likeness (QED) is 0.818. The number of halogens is 1. The van der Waals surface area contributed by atoms with Gasteiger partial charge >= 0.3 is 0 Å². The highest BCUT2D eigenvalue weighted by atomic mass is 35.5. The van der Waals surface area contributed by atoms with Crippen LogP contribution >= 0.6 is 11.6 Å². The Morgan fingerprint density at radius 3 is 3.00 bits per heavy atom. The third kappa shape index (κ3) is 3.27. The maximum absolute atomic E-state index is 6.00. The topological polar surface area (TPSA) is 81.9 Å². The minimum absolute atomic E-state index is 0.135. The van der Waals surface area contributed by atoms with Crippen molar-refractivity contribution in [2.24, 2.45) is 0 Å². The summed E-state index contributed by atoms with van der Waals surface area (Å²) in [5, 5.41) is 4.14. The van der Waals surface area contributed by atoms with Crippen molar-refractivity contribution < 1.29 is 4.74 Å². The predicted octanol–water partition coefficient (Wildman–Crippen LogP) is 1.11. The van der Waals surface area contributed by atoms with E-state index in [1.807, 2.05) is 11.8 Å². The molecule has 1 aliphatic rings. The van der Waals surface area contributed by atoms with Crippen molar-refractivity contribution in [1.29, 1.82) is 0 Å². The van der Waals surface area contributed by atoms with Gasteiger partial charge in [0.15, 0.2) is 0 Å². The molecule has 1 aliphatic heterocycles. The minimum atomic E-state index is 0.135. The largest absolute Gasteiger partial charge is 0.376 e. The zero-order valence-electron chi connectivity index (χ0n) is 11.7. The van der Waals surface area contributed by atoms with Gasteiger partial charge in [-0.3, -0.25) is 0 Å². The van der Waals surface area contributed by atoms with Gasteiger partial charge in [0.1, 0.15) is 12.7 Å². The van der Waals surface area contributed by atoms with E-state index in [1.165, 1.54) is 17.3 Å². The molecule has 0 bridgehead atoms. The fourth-order valence-corrected chi connectivity index (χ4v) is 2.42. The number of rotatable bonds is 5. The highest BCUT2D eigenvalue weighted by molar-refractivity contribution is 6.28. The molecule has 0 aromatic carbocycles. The first-order valence-corrected chi connectivity index (χ1v) is 7.27. The number of hydrogen-bond donors (Lipinski definition) is 0. The molecule has 0 N–H and O–H groups in total. The van der Waals surface area contributed by atoms with Crippen LogP contribution < -0.4 is 4.90 Å². The molecular weight excluding hydrogens is 294 g/mol. The van der Waals surface area contributed by atoms with Crippen LogP contribution in [0.15, 0.2) is 12.7 Å². The Kier molecular flexibility index (Phi) is 4.26. The van der Waals surface area contributed by atoms with E-state index in [4.69, 9.17) is 16.3 Å². The monoisotopic (exact) mass is 309 g/mol. The van der Waals surface area contributed by atoms with Crippen LogP contribution in [0.1, 0.15) is 19.8 Å². The van der Waals surface area contributed by atoms with Gasteiger partial charge in [-0.1, -0.05) is 0 Å². The number of nitrogens with zero attached hydrogens (tertiary/aromatic N) is 7. The summed E-state index contributed by atoms with van der Waals surface area (Å²) in [6.45, 7) is 4.37. The first-order chi connectivity index (χ1) is 10.3. The van der Waals surface area contributed by atoms with Gasteiger partial charge in [0, 0.05) is 19.7 Å². The molecule has 8 nitrogen and oxygen atoms in total. The number of likely N-dealkylation sites (N-methyl/N-ethyl adjacent to an activating group) is 1. The van der Waals surface area contributed by atoms with Crippen molar-refractivity contribution in [2.75, 3.05) is 24.6 Å². The molecule has 1 unspecified atom stereocenters. The van der Waals surface area contributed by atoms with Crippen LogP contribution in [0.3, 0.4) is 0 Å². The van der Waals surface area contributed by atoms with Gasteiger partial charge in [0.2, 0.25) is 11.2 Å². The second-order valence-electron chi connectivity index (χ2n) is 4.72. The van der Waals surface area contributed by atoms with Crippen LogP contribution in [0.25, 0.3) is 5.95 Å². The van der Waals surface area contributed by atoms with Crippen LogP contribution in [0.2, 0.25) is 5.28 Å². The maximum atomic E-state index is 6.00. The third-order valence-electron chi connectivity index (χ3n) is 3.32. The predicted molar refractivity (Wildman–Crippen MR) is 76.6 cm³/mol. The van der Waals surface area contributed by atoms with Crippen molar-refractivity contribution in [3.8, 4) is 5.95 Å². The Bertz CT molecular complexity index is 585. The van der Waals surface area contributed by atoms with E-state index in [2.05, 4.69) is 25.0 Å². The highest BCUT2D eigenvalue weighted by Crippen LogP contribution is 2.18. The Labute approximate surface area is 127 Å². The second-order valence-corrected chi connectivity index (χ2v) is 5.06. The van der Waals surface area contributed by atoms with E-state index in [0.717, 1.165) is 32.5 Å². The lowest BCUT2D eigenvalue weighted by molar-refractivity contribution is 0.115. The molecule has 9 heteroatoms. The lowest BCUT2D eigenvalue weighted by Gasteiger charge is -2.23. The van der Waals surface area contributed by atoms with Crippen LogP contribution in [0.4, 0.5) is 5.95 Å². The molecule has 0 amide bonds. The van der Waals surface area contributed by atoms with Gasteiger partial charge in [-0.15, -0.1) is 0 Å². The molecular formula is C12H16ClN7O. The number of ether oxygens (including phenoxy) is 1. The molecule has 1 atom stereocenters. The molecule has 1 fully saturated rings. The van der Waals surface area contributed by atoms with Crippen LogP contribution in [0, 0.1) is 0 Å².